The normalized spacial score (nSPS) is 10.5. The van der Waals surface area contributed by atoms with Crippen molar-refractivity contribution in [3.63, 3.8) is 0 Å². The third-order valence-electron chi connectivity index (χ3n) is 0.795. The second kappa shape index (κ2) is 2.16. The molecule has 0 aromatic carbocycles. The highest BCUT2D eigenvalue weighted by molar-refractivity contribution is 5.41. The van der Waals surface area contributed by atoms with E-state index in [1.807, 2.05) is 0 Å². The van der Waals surface area contributed by atoms with Gasteiger partial charge in [-0.25, -0.2) is 4.98 Å². The summed E-state index contributed by atoms with van der Waals surface area (Å²) in [6.07, 6.45) is 6.51. The van der Waals surface area contributed by atoms with Crippen LogP contribution < -0.4 is 5.73 Å². The van der Waals surface area contributed by atoms with Gasteiger partial charge in [0.05, 0.1) is 18.2 Å². The first kappa shape index (κ1) is 4.90. The molecule has 0 spiro atoms. The van der Waals surface area contributed by atoms with Gasteiger partial charge in [-0.1, -0.05) is 0 Å². The molecule has 0 bridgehead atoms. The van der Waals surface area contributed by atoms with E-state index in [0.29, 0.717) is 0 Å². The molecular weight excluding hydrogens is 102 g/mol. The Kier molecular flexibility index (Phi) is 1.32. The van der Waals surface area contributed by atoms with Crippen LogP contribution in [0.1, 0.15) is 5.69 Å². The molecular formula is C5H7N3. The molecule has 0 aliphatic rings. The van der Waals surface area contributed by atoms with E-state index in [1.54, 1.807) is 18.6 Å². The second-order valence-electron chi connectivity index (χ2n) is 1.37. The van der Waals surface area contributed by atoms with Crippen molar-refractivity contribution in [1.29, 1.82) is 0 Å². The Morgan fingerprint density at radius 3 is 3.12 bits per heavy atom. The monoisotopic (exact) mass is 109 g/mol. The van der Waals surface area contributed by atoms with Crippen molar-refractivity contribution < 1.29 is 0 Å². The van der Waals surface area contributed by atoms with Crippen LogP contribution in [0.15, 0.2) is 18.7 Å². The zero-order chi connectivity index (χ0) is 5.82. The van der Waals surface area contributed by atoms with Gasteiger partial charge in [-0.15, -0.1) is 0 Å². The Hall–Kier alpha value is -1.25. The lowest BCUT2D eigenvalue weighted by atomic mass is 10.5. The summed E-state index contributed by atoms with van der Waals surface area (Å²) in [5.74, 6) is 0. The van der Waals surface area contributed by atoms with Crippen LogP contribution in [-0.4, -0.2) is 9.97 Å². The van der Waals surface area contributed by atoms with Gasteiger partial charge >= 0.3 is 0 Å². The Bertz CT molecular complexity index is 164. The van der Waals surface area contributed by atoms with Gasteiger partial charge in [-0.3, -0.25) is 0 Å². The van der Waals surface area contributed by atoms with E-state index in [9.17, 15) is 0 Å². The van der Waals surface area contributed by atoms with Gasteiger partial charge in [0.25, 0.3) is 0 Å². The number of imidazole rings is 1. The first-order valence-electron chi connectivity index (χ1n) is 2.30. The number of H-pyrrole nitrogens is 1. The Morgan fingerprint density at radius 2 is 2.62 bits per heavy atom. The van der Waals surface area contributed by atoms with Crippen molar-refractivity contribution in [2.75, 3.05) is 0 Å². The topological polar surface area (TPSA) is 54.7 Å². The van der Waals surface area contributed by atoms with Gasteiger partial charge < -0.3 is 10.7 Å². The van der Waals surface area contributed by atoms with E-state index >= 15 is 0 Å². The summed E-state index contributed by atoms with van der Waals surface area (Å²) < 4.78 is 0. The van der Waals surface area contributed by atoms with Gasteiger partial charge in [-0.2, -0.15) is 0 Å². The minimum Gasteiger partial charge on any atom is -0.405 e. The highest BCUT2D eigenvalue weighted by Crippen LogP contribution is 1.90. The van der Waals surface area contributed by atoms with E-state index < -0.39 is 0 Å². The lowest BCUT2D eigenvalue weighted by Crippen LogP contribution is -1.75. The SMILES string of the molecule is NC=Cc1cnc[nH]1. The molecule has 1 aromatic heterocycles. The number of hydrogen-bond donors (Lipinski definition) is 2. The highest BCUT2D eigenvalue weighted by atomic mass is 14.8. The predicted octanol–water partition coefficient (Wildman–Crippen LogP) is 0.339. The highest BCUT2D eigenvalue weighted by Gasteiger charge is 1.80. The summed E-state index contributed by atoms with van der Waals surface area (Å²) in [4.78, 5) is 6.64. The average molecular weight is 109 g/mol. The Balaban J connectivity index is 2.77. The first-order chi connectivity index (χ1) is 3.93. The summed E-state index contributed by atoms with van der Waals surface area (Å²) in [5, 5.41) is 0. The van der Waals surface area contributed by atoms with E-state index in [4.69, 9.17) is 5.73 Å². The van der Waals surface area contributed by atoms with E-state index in [1.165, 1.54) is 6.20 Å². The summed E-state index contributed by atoms with van der Waals surface area (Å²) in [5.41, 5.74) is 6.02. The maximum Gasteiger partial charge on any atom is 0.0924 e. The summed E-state index contributed by atoms with van der Waals surface area (Å²) in [7, 11) is 0. The fourth-order valence-corrected chi connectivity index (χ4v) is 0.461. The van der Waals surface area contributed by atoms with Crippen LogP contribution in [0, 0.1) is 0 Å². The predicted molar refractivity (Wildman–Crippen MR) is 31.8 cm³/mol. The molecule has 0 saturated carbocycles. The number of nitrogens with two attached hydrogens (primary N) is 1. The number of aromatic amines is 1. The van der Waals surface area contributed by atoms with Crippen LogP contribution in [0.4, 0.5) is 0 Å². The van der Waals surface area contributed by atoms with E-state index in [-0.39, 0.29) is 0 Å². The van der Waals surface area contributed by atoms with Crippen molar-refractivity contribution in [3.8, 4) is 0 Å². The molecule has 1 heterocycles. The molecule has 0 amide bonds. The molecule has 0 unspecified atom stereocenters. The minimum absolute atomic E-state index is 0.924. The van der Waals surface area contributed by atoms with Gasteiger partial charge in [0.1, 0.15) is 0 Å². The minimum atomic E-state index is 0.924. The molecule has 3 nitrogen and oxygen atoms in total. The Labute approximate surface area is 47.2 Å². The molecule has 1 rings (SSSR count). The molecule has 1 aromatic rings. The van der Waals surface area contributed by atoms with Gasteiger partial charge in [-0.05, 0) is 12.3 Å². The summed E-state index contributed by atoms with van der Waals surface area (Å²) >= 11 is 0. The van der Waals surface area contributed by atoms with Crippen molar-refractivity contribution in [3.05, 3.63) is 24.4 Å². The molecule has 0 aliphatic carbocycles. The number of nitrogens with one attached hydrogen (secondary N) is 1. The lowest BCUT2D eigenvalue weighted by Gasteiger charge is -1.76. The zero-order valence-corrected chi connectivity index (χ0v) is 4.33. The van der Waals surface area contributed by atoms with Crippen molar-refractivity contribution in [1.82, 2.24) is 9.97 Å². The smallest absolute Gasteiger partial charge is 0.0924 e. The number of hydrogen-bond acceptors (Lipinski definition) is 2. The molecule has 42 valence electrons. The van der Waals surface area contributed by atoms with Crippen molar-refractivity contribution in [2.45, 2.75) is 0 Å². The zero-order valence-electron chi connectivity index (χ0n) is 4.33. The molecule has 8 heavy (non-hydrogen) atoms. The van der Waals surface area contributed by atoms with Gasteiger partial charge in [0.15, 0.2) is 0 Å². The molecule has 0 saturated heterocycles. The lowest BCUT2D eigenvalue weighted by molar-refractivity contribution is 1.31. The maximum absolute atomic E-state index is 5.09. The van der Waals surface area contributed by atoms with Crippen LogP contribution in [0.3, 0.4) is 0 Å². The third-order valence-corrected chi connectivity index (χ3v) is 0.795. The van der Waals surface area contributed by atoms with Gasteiger partial charge in [0, 0.05) is 0 Å². The Morgan fingerprint density at radius 1 is 1.75 bits per heavy atom. The molecule has 0 aliphatic heterocycles. The van der Waals surface area contributed by atoms with Crippen LogP contribution in [0.25, 0.3) is 6.08 Å². The van der Waals surface area contributed by atoms with Crippen molar-refractivity contribution >= 4 is 6.08 Å². The molecule has 3 N–H and O–H groups in total. The van der Waals surface area contributed by atoms with Crippen LogP contribution in [0.2, 0.25) is 0 Å². The fraction of sp³-hybridized carbons (Fsp3) is 0. The molecule has 0 fully saturated rings. The number of aromatic nitrogens is 2. The molecule has 0 atom stereocenters. The number of rotatable bonds is 1. The summed E-state index contributed by atoms with van der Waals surface area (Å²) in [6.45, 7) is 0. The number of nitrogens with zero attached hydrogens (tertiary/aromatic N) is 1. The standard InChI is InChI=1S/C5H7N3/c6-2-1-5-3-7-4-8-5/h1-4H,6H2,(H,7,8). The fourth-order valence-electron chi connectivity index (χ4n) is 0.461. The van der Waals surface area contributed by atoms with Crippen molar-refractivity contribution in [2.24, 2.45) is 5.73 Å². The molecule has 3 heteroatoms. The van der Waals surface area contributed by atoms with Crippen LogP contribution in [0.5, 0.6) is 0 Å². The largest absolute Gasteiger partial charge is 0.405 e. The third kappa shape index (κ3) is 0.872. The summed E-state index contributed by atoms with van der Waals surface area (Å²) in [6, 6.07) is 0. The maximum atomic E-state index is 5.09. The quantitative estimate of drug-likeness (QED) is 0.546. The van der Waals surface area contributed by atoms with E-state index in [2.05, 4.69) is 9.97 Å². The van der Waals surface area contributed by atoms with Crippen LogP contribution >= 0.6 is 0 Å². The second-order valence-corrected chi connectivity index (χ2v) is 1.37. The first-order valence-corrected chi connectivity index (χ1v) is 2.30. The molecule has 0 radical (unpaired) electrons. The van der Waals surface area contributed by atoms with Gasteiger partial charge in [0.2, 0.25) is 0 Å². The van der Waals surface area contributed by atoms with E-state index in [0.717, 1.165) is 5.69 Å². The average Bonchev–Trinajstić information content (AvgIpc) is 2.19. The van der Waals surface area contributed by atoms with Crippen LogP contribution in [-0.2, 0) is 0 Å².